The molecule has 0 fully saturated rings. The molecule has 3 aromatic heterocycles. The Bertz CT molecular complexity index is 2010. The van der Waals surface area contributed by atoms with Crippen molar-refractivity contribution in [1.82, 2.24) is 19.9 Å². The first-order valence-electron chi connectivity index (χ1n) is 13.5. The maximum absolute atomic E-state index is 15.7. The van der Waals surface area contributed by atoms with Crippen molar-refractivity contribution >= 4 is 73.9 Å². The van der Waals surface area contributed by atoms with Gasteiger partial charge in [-0.05, 0) is 87.2 Å². The first-order chi connectivity index (χ1) is 21.1. The molecule has 0 unspecified atom stereocenters. The smallest absolute Gasteiger partial charge is 0.354 e. The average Bonchev–Trinajstić information content (AvgIpc) is 3.83. The second-order valence-corrected chi connectivity index (χ2v) is 11.5. The second kappa shape index (κ2) is 10.6. The van der Waals surface area contributed by atoms with Crippen LogP contribution >= 0.6 is 27.5 Å². The van der Waals surface area contributed by atoms with Crippen molar-refractivity contribution in [2.75, 3.05) is 0 Å². The van der Waals surface area contributed by atoms with Gasteiger partial charge in [0.15, 0.2) is 0 Å². The van der Waals surface area contributed by atoms with Gasteiger partial charge in [0.1, 0.15) is 0 Å². The Balaban J connectivity index is 1.69. The Labute approximate surface area is 261 Å². The zero-order valence-electron chi connectivity index (χ0n) is 22.6. The number of aromatic nitrogens is 4. The Hall–Kier alpha value is -4.47. The minimum Gasteiger partial charge on any atom is -0.354 e. The molecular weight excluding hydrogens is 656 g/mol. The molecule has 10 heteroatoms. The van der Waals surface area contributed by atoms with Crippen LogP contribution in [0.15, 0.2) is 89.4 Å². The van der Waals surface area contributed by atoms with Crippen LogP contribution in [0.2, 0.25) is 0 Å². The lowest BCUT2D eigenvalue weighted by molar-refractivity contribution is -0.164. The molecule has 2 aliphatic rings. The third kappa shape index (κ3) is 4.76. The minimum atomic E-state index is -4.91. The zero-order valence-corrected chi connectivity index (χ0v) is 24.9. The van der Waals surface area contributed by atoms with Crippen LogP contribution in [-0.4, -0.2) is 25.3 Å². The molecule has 0 atom stereocenters. The molecule has 0 aliphatic carbocycles. The Morgan fingerprint density at radius 3 is 1.34 bits per heavy atom. The summed E-state index contributed by atoms with van der Waals surface area (Å²) < 4.78 is 60.9. The lowest BCUT2D eigenvalue weighted by atomic mass is 10.0. The first kappa shape index (κ1) is 28.3. The zero-order chi connectivity index (χ0) is 30.6. The van der Waals surface area contributed by atoms with Gasteiger partial charge in [0.25, 0.3) is 0 Å². The largest absolute Gasteiger partial charge is 0.388 e. The molecule has 0 spiro atoms. The number of H-pyrrole nitrogens is 2. The summed E-state index contributed by atoms with van der Waals surface area (Å²) in [7, 11) is 0. The number of nitrogens with one attached hydrogen (secondary N) is 2. The van der Waals surface area contributed by atoms with Crippen molar-refractivity contribution < 1.29 is 17.6 Å². The van der Waals surface area contributed by atoms with E-state index < -0.39 is 16.9 Å². The molecular formula is C34H20BrClF4N4. The number of hydrogen-bond donors (Lipinski definition) is 2. The molecule has 2 N–H and O–H groups in total. The lowest BCUT2D eigenvalue weighted by Gasteiger charge is -2.22. The van der Waals surface area contributed by atoms with Gasteiger partial charge in [-0.1, -0.05) is 60.7 Å². The molecule has 0 saturated carbocycles. The van der Waals surface area contributed by atoms with Crippen LogP contribution in [0.4, 0.5) is 17.6 Å². The van der Waals surface area contributed by atoms with E-state index in [4.69, 9.17) is 11.6 Å². The van der Waals surface area contributed by atoms with Gasteiger partial charge in [0.05, 0.1) is 43.8 Å². The number of halogens is 6. The highest BCUT2D eigenvalue weighted by Gasteiger charge is 2.58. The number of hydrogen-bond acceptors (Lipinski definition) is 2. The summed E-state index contributed by atoms with van der Waals surface area (Å²) in [4.78, 5) is 15.8. The highest BCUT2D eigenvalue weighted by atomic mass is 79.9. The van der Waals surface area contributed by atoms with E-state index in [-0.39, 0.29) is 11.4 Å². The van der Waals surface area contributed by atoms with Crippen LogP contribution in [0, 0.1) is 0 Å². The fourth-order valence-electron chi connectivity index (χ4n) is 5.45. The summed E-state index contributed by atoms with van der Waals surface area (Å²) in [6.07, 6.45) is 5.64. The van der Waals surface area contributed by atoms with Gasteiger partial charge in [-0.2, -0.15) is 17.6 Å². The topological polar surface area (TPSA) is 57.4 Å². The van der Waals surface area contributed by atoms with Gasteiger partial charge in [0, 0.05) is 22.2 Å². The molecule has 0 saturated heterocycles. The molecule has 2 aromatic carbocycles. The number of aromatic amines is 2. The van der Waals surface area contributed by atoms with Crippen molar-refractivity contribution in [2.24, 2.45) is 0 Å². The van der Waals surface area contributed by atoms with Crippen molar-refractivity contribution in [3.05, 3.63) is 118 Å². The Morgan fingerprint density at radius 1 is 0.545 bits per heavy atom. The number of benzene rings is 2. The van der Waals surface area contributed by atoms with Gasteiger partial charge in [-0.15, -0.1) is 0 Å². The third-order valence-corrected chi connectivity index (χ3v) is 8.57. The fraction of sp³-hybridized carbons (Fsp3) is 0.0588. The summed E-state index contributed by atoms with van der Waals surface area (Å²) >= 11 is 8.79. The van der Waals surface area contributed by atoms with Crippen LogP contribution in [0.25, 0.3) is 68.6 Å². The van der Waals surface area contributed by atoms with Gasteiger partial charge in [-0.3, -0.25) is 0 Å². The van der Waals surface area contributed by atoms with Crippen LogP contribution < -0.4 is 0 Å². The highest BCUT2D eigenvalue weighted by molar-refractivity contribution is 9.10. The number of alkyl halides is 5. The summed E-state index contributed by atoms with van der Waals surface area (Å²) in [5.41, 5.74) is 4.28. The molecule has 5 heterocycles. The quantitative estimate of drug-likeness (QED) is 0.144. The number of nitrogens with zero attached hydrogens (tertiary/aromatic N) is 2. The molecule has 0 radical (unpaired) electrons. The van der Waals surface area contributed by atoms with Gasteiger partial charge in [-0.25, -0.2) is 9.97 Å². The van der Waals surface area contributed by atoms with E-state index in [2.05, 4.69) is 35.9 Å². The molecule has 2 aliphatic heterocycles. The maximum Gasteiger partial charge on any atom is 0.388 e. The molecule has 8 bridgehead atoms. The van der Waals surface area contributed by atoms with Gasteiger partial charge < -0.3 is 9.97 Å². The molecule has 7 rings (SSSR count). The van der Waals surface area contributed by atoms with E-state index >= 15 is 8.78 Å². The van der Waals surface area contributed by atoms with Crippen LogP contribution in [0.3, 0.4) is 0 Å². The van der Waals surface area contributed by atoms with Crippen LogP contribution in [0.5, 0.6) is 0 Å². The summed E-state index contributed by atoms with van der Waals surface area (Å²) in [5.74, 6) is -4.81. The molecule has 5 aromatic rings. The monoisotopic (exact) mass is 674 g/mol. The third-order valence-electron chi connectivity index (χ3n) is 7.48. The predicted molar refractivity (Wildman–Crippen MR) is 172 cm³/mol. The molecule has 0 amide bonds. The molecule has 218 valence electrons. The van der Waals surface area contributed by atoms with E-state index in [0.29, 0.717) is 33.5 Å². The van der Waals surface area contributed by atoms with E-state index in [0.717, 1.165) is 26.6 Å². The first-order valence-corrected chi connectivity index (χ1v) is 14.7. The SMILES string of the molecule is FC(F)(Cl)C(F)(F)c1c2nc(c(-c3ccccc3)c3ccc([nH]3)c(Br)c3ccc([nH]3)c(-c3ccccc3)c3nc1C=C3)C=C2. The summed E-state index contributed by atoms with van der Waals surface area (Å²) in [5, 5.41) is -4.91. The normalized spacial score (nSPS) is 13.0. The van der Waals surface area contributed by atoms with E-state index in [1.165, 1.54) is 24.3 Å². The number of fused-ring (bicyclic) bond motifs is 8. The van der Waals surface area contributed by atoms with Gasteiger partial charge in [0.2, 0.25) is 0 Å². The molecule has 44 heavy (non-hydrogen) atoms. The van der Waals surface area contributed by atoms with E-state index in [1.807, 2.05) is 84.9 Å². The van der Waals surface area contributed by atoms with Crippen LogP contribution in [0.1, 0.15) is 28.3 Å². The number of rotatable bonds is 4. The van der Waals surface area contributed by atoms with Crippen molar-refractivity contribution in [2.45, 2.75) is 11.3 Å². The summed E-state index contributed by atoms with van der Waals surface area (Å²) in [6.45, 7) is 0. The van der Waals surface area contributed by atoms with Crippen LogP contribution in [-0.2, 0) is 5.92 Å². The lowest BCUT2D eigenvalue weighted by Crippen LogP contribution is -2.34. The molecule has 4 nitrogen and oxygen atoms in total. The predicted octanol–water partition coefficient (Wildman–Crippen LogP) is 10.7. The summed E-state index contributed by atoms with van der Waals surface area (Å²) in [6, 6.07) is 26.0. The van der Waals surface area contributed by atoms with E-state index in [1.54, 1.807) is 0 Å². The Morgan fingerprint density at radius 2 is 0.932 bits per heavy atom. The van der Waals surface area contributed by atoms with Crippen molar-refractivity contribution in [1.29, 1.82) is 0 Å². The maximum atomic E-state index is 15.7. The van der Waals surface area contributed by atoms with Crippen molar-refractivity contribution in [3.8, 4) is 22.3 Å². The minimum absolute atomic E-state index is 0.305. The van der Waals surface area contributed by atoms with Crippen molar-refractivity contribution in [3.63, 3.8) is 0 Å². The second-order valence-electron chi connectivity index (χ2n) is 10.2. The fourth-order valence-corrected chi connectivity index (χ4v) is 6.01. The van der Waals surface area contributed by atoms with Gasteiger partial charge >= 0.3 is 11.3 Å². The Kier molecular flexibility index (Phi) is 6.82. The highest BCUT2D eigenvalue weighted by Crippen LogP contribution is 2.49. The average molecular weight is 676 g/mol. The standard InChI is InChI=1S/C34H20BrClF4N4/c35-32-27-17-13-23(43-27)29(19-7-3-1-4-8-19)21-11-15-25(41-21)31(33(37,38)34(36,39)40)26-16-12-22(42-26)30(20-9-5-2-6-10-20)24-14-18-28(32)44-24/h1-18,43-44H. The van der Waals surface area contributed by atoms with E-state index in [9.17, 15) is 8.78 Å².